The van der Waals surface area contributed by atoms with Crippen LogP contribution in [0.15, 0.2) is 188 Å². The zero-order chi connectivity index (χ0) is 38.5. The number of fused-ring (bicyclic) bond motifs is 12. The molecule has 0 bridgehead atoms. The highest BCUT2D eigenvalue weighted by atomic mass is 15.0. The maximum absolute atomic E-state index is 5.30. The molecule has 3 heteroatoms. The molecule has 11 aromatic rings. The predicted molar refractivity (Wildman–Crippen MR) is 243 cm³/mol. The summed E-state index contributed by atoms with van der Waals surface area (Å²) in [6.45, 7) is 4.70. The van der Waals surface area contributed by atoms with Crippen LogP contribution in [0.25, 0.3) is 105 Å². The molecule has 0 atom stereocenters. The predicted octanol–water partition coefficient (Wildman–Crippen LogP) is 14.3. The van der Waals surface area contributed by atoms with Crippen LogP contribution >= 0.6 is 0 Å². The quantitative estimate of drug-likeness (QED) is 0.168. The SMILES string of the molecule is CC1(C)c2cc(-c3ccc(-c4ccc(-n5c6ccccc6c6ccccc65)cc4)cc3)ccc2-c2ccc(-c3cnc4c5ccccc5c5ccccc5c4n3)cc21. The van der Waals surface area contributed by atoms with Crippen molar-refractivity contribution in [1.82, 2.24) is 14.5 Å². The van der Waals surface area contributed by atoms with Crippen LogP contribution in [0.4, 0.5) is 0 Å². The van der Waals surface area contributed by atoms with Gasteiger partial charge in [-0.25, -0.2) is 4.98 Å². The smallest absolute Gasteiger partial charge is 0.0979 e. The summed E-state index contributed by atoms with van der Waals surface area (Å²) in [5, 5.41) is 7.24. The van der Waals surface area contributed by atoms with Gasteiger partial charge in [0.25, 0.3) is 0 Å². The number of hydrogen-bond acceptors (Lipinski definition) is 2. The van der Waals surface area contributed by atoms with Gasteiger partial charge in [-0.15, -0.1) is 0 Å². The Morgan fingerprint density at radius 2 is 0.828 bits per heavy atom. The second-order valence-electron chi connectivity index (χ2n) is 16.2. The number of rotatable bonds is 4. The molecule has 9 aromatic carbocycles. The normalized spacial score (nSPS) is 13.1. The summed E-state index contributed by atoms with van der Waals surface area (Å²) < 4.78 is 2.37. The summed E-state index contributed by atoms with van der Waals surface area (Å²) in [6, 6.07) is 66.2. The van der Waals surface area contributed by atoms with Gasteiger partial charge >= 0.3 is 0 Å². The van der Waals surface area contributed by atoms with Crippen LogP contribution in [0, 0.1) is 0 Å². The third-order valence-electron chi connectivity index (χ3n) is 12.7. The first-order valence-electron chi connectivity index (χ1n) is 20.1. The van der Waals surface area contributed by atoms with Crippen LogP contribution in [0.5, 0.6) is 0 Å². The molecule has 0 saturated carbocycles. The average molecular weight is 740 g/mol. The first-order chi connectivity index (χ1) is 28.5. The van der Waals surface area contributed by atoms with Gasteiger partial charge in [-0.05, 0) is 91.7 Å². The molecule has 1 aliphatic rings. The van der Waals surface area contributed by atoms with E-state index < -0.39 is 0 Å². The minimum atomic E-state index is -0.179. The van der Waals surface area contributed by atoms with Crippen molar-refractivity contribution >= 4 is 54.4 Å². The molecule has 2 heterocycles. The van der Waals surface area contributed by atoms with E-state index in [1.807, 2.05) is 6.20 Å². The molecule has 0 radical (unpaired) electrons. The minimum Gasteiger partial charge on any atom is -0.309 e. The molecule has 2 aromatic heterocycles. The third kappa shape index (κ3) is 4.80. The monoisotopic (exact) mass is 739 g/mol. The molecule has 0 amide bonds. The molecule has 3 nitrogen and oxygen atoms in total. The highest BCUT2D eigenvalue weighted by Gasteiger charge is 2.36. The number of benzene rings is 9. The lowest BCUT2D eigenvalue weighted by molar-refractivity contribution is 0.661. The molecular formula is C55H37N3. The van der Waals surface area contributed by atoms with E-state index in [2.05, 4.69) is 200 Å². The summed E-state index contributed by atoms with van der Waals surface area (Å²) in [4.78, 5) is 10.3. The van der Waals surface area contributed by atoms with Crippen molar-refractivity contribution in [3.63, 3.8) is 0 Å². The zero-order valence-electron chi connectivity index (χ0n) is 32.2. The van der Waals surface area contributed by atoms with Crippen molar-refractivity contribution in [1.29, 1.82) is 0 Å². The van der Waals surface area contributed by atoms with Crippen molar-refractivity contribution < 1.29 is 0 Å². The fourth-order valence-electron chi connectivity index (χ4n) is 9.70. The summed E-state index contributed by atoms with van der Waals surface area (Å²) >= 11 is 0. The van der Waals surface area contributed by atoms with Gasteiger partial charge in [-0.1, -0.05) is 159 Å². The van der Waals surface area contributed by atoms with Crippen LogP contribution in [-0.4, -0.2) is 14.5 Å². The van der Waals surface area contributed by atoms with Crippen LogP contribution in [0.2, 0.25) is 0 Å². The number of para-hydroxylation sites is 2. The molecule has 0 saturated heterocycles. The van der Waals surface area contributed by atoms with Crippen molar-refractivity contribution in [2.45, 2.75) is 19.3 Å². The maximum atomic E-state index is 5.30. The Labute approximate surface area is 336 Å². The molecule has 0 fully saturated rings. The van der Waals surface area contributed by atoms with Crippen LogP contribution < -0.4 is 0 Å². The first kappa shape index (κ1) is 32.8. The Morgan fingerprint density at radius 3 is 1.41 bits per heavy atom. The summed E-state index contributed by atoms with van der Waals surface area (Å²) in [6.07, 6.45) is 1.95. The lowest BCUT2D eigenvalue weighted by atomic mass is 9.81. The molecule has 1 aliphatic carbocycles. The molecule has 12 rings (SSSR count). The Kier molecular flexibility index (Phi) is 6.98. The van der Waals surface area contributed by atoms with Crippen LogP contribution in [0.1, 0.15) is 25.0 Å². The molecular weight excluding hydrogens is 703 g/mol. The van der Waals surface area contributed by atoms with Gasteiger partial charge in [-0.3, -0.25) is 4.98 Å². The summed E-state index contributed by atoms with van der Waals surface area (Å²) in [5.74, 6) is 0. The van der Waals surface area contributed by atoms with E-state index >= 15 is 0 Å². The first-order valence-corrected chi connectivity index (χ1v) is 20.1. The second kappa shape index (κ2) is 12.3. The number of nitrogens with zero attached hydrogens (tertiary/aromatic N) is 3. The fraction of sp³-hybridized carbons (Fsp3) is 0.0545. The van der Waals surface area contributed by atoms with Gasteiger partial charge in [0.2, 0.25) is 0 Å². The van der Waals surface area contributed by atoms with Crippen LogP contribution in [-0.2, 0) is 5.41 Å². The molecule has 0 N–H and O–H groups in total. The van der Waals surface area contributed by atoms with E-state index in [0.29, 0.717) is 0 Å². The van der Waals surface area contributed by atoms with Crippen molar-refractivity contribution in [2.24, 2.45) is 0 Å². The van der Waals surface area contributed by atoms with Crippen molar-refractivity contribution in [3.8, 4) is 50.3 Å². The van der Waals surface area contributed by atoms with E-state index in [9.17, 15) is 0 Å². The zero-order valence-corrected chi connectivity index (χ0v) is 32.2. The minimum absolute atomic E-state index is 0.179. The van der Waals surface area contributed by atoms with Gasteiger partial charge in [0, 0.05) is 38.2 Å². The fourth-order valence-corrected chi connectivity index (χ4v) is 9.70. The Balaban J connectivity index is 0.853. The lowest BCUT2D eigenvalue weighted by Gasteiger charge is -2.22. The standard InChI is InChI=1S/C55H37N3/c1-55(2)48-31-37(36-21-19-34(20-22-36)35-23-27-39(28-24-35)58-51-17-9-7-13-44(51)45-14-8-10-18-52(45)58)25-29-42(48)43-30-26-38(32-49(43)55)50-33-56-53-46-15-5-3-11-40(46)41-12-4-6-16-47(41)54(53)57-50/h3-33H,1-2H3. The van der Waals surface area contributed by atoms with Crippen molar-refractivity contribution in [3.05, 3.63) is 199 Å². The van der Waals surface area contributed by atoms with Gasteiger partial charge in [0.1, 0.15) is 0 Å². The number of aromatic nitrogens is 3. The molecule has 0 spiro atoms. The highest BCUT2D eigenvalue weighted by molar-refractivity contribution is 6.23. The van der Waals surface area contributed by atoms with Gasteiger partial charge in [0.05, 0.1) is 34.0 Å². The van der Waals surface area contributed by atoms with Gasteiger partial charge in [0.15, 0.2) is 0 Å². The van der Waals surface area contributed by atoms with Gasteiger partial charge in [-0.2, -0.15) is 0 Å². The Hall–Kier alpha value is -7.36. The van der Waals surface area contributed by atoms with E-state index in [-0.39, 0.29) is 5.41 Å². The highest BCUT2D eigenvalue weighted by Crippen LogP contribution is 2.51. The Bertz CT molecular complexity index is 3370. The largest absolute Gasteiger partial charge is 0.309 e. The molecule has 0 aliphatic heterocycles. The maximum Gasteiger partial charge on any atom is 0.0979 e. The topological polar surface area (TPSA) is 30.7 Å². The van der Waals surface area contributed by atoms with E-state index in [1.54, 1.807) is 0 Å². The third-order valence-corrected chi connectivity index (χ3v) is 12.7. The molecule has 272 valence electrons. The second-order valence-corrected chi connectivity index (χ2v) is 16.2. The Morgan fingerprint density at radius 1 is 0.397 bits per heavy atom. The van der Waals surface area contributed by atoms with E-state index in [1.165, 1.54) is 82.8 Å². The summed E-state index contributed by atoms with van der Waals surface area (Å²) in [7, 11) is 0. The molecule has 58 heavy (non-hydrogen) atoms. The summed E-state index contributed by atoms with van der Waals surface area (Å²) in [5.41, 5.74) is 17.4. The van der Waals surface area contributed by atoms with Crippen LogP contribution in [0.3, 0.4) is 0 Å². The number of hydrogen-bond donors (Lipinski definition) is 0. The molecule has 0 unspecified atom stereocenters. The van der Waals surface area contributed by atoms with Gasteiger partial charge < -0.3 is 4.57 Å². The van der Waals surface area contributed by atoms with E-state index in [4.69, 9.17) is 9.97 Å². The average Bonchev–Trinajstić information content (AvgIpc) is 3.74. The lowest BCUT2D eigenvalue weighted by Crippen LogP contribution is -2.15. The van der Waals surface area contributed by atoms with Crippen molar-refractivity contribution in [2.75, 3.05) is 0 Å². The van der Waals surface area contributed by atoms with E-state index in [0.717, 1.165) is 33.1 Å².